The number of methoxy groups -OCH3 is 1. The number of carbonyl (C=O) groups excluding carboxylic acids is 1. The topological polar surface area (TPSA) is 51.7 Å². The molecular weight excluding hydrogens is 396 g/mol. The molecule has 0 fully saturated rings. The molecule has 1 amide bonds. The molecule has 5 nitrogen and oxygen atoms in total. The fourth-order valence-corrected chi connectivity index (χ4v) is 3.40. The number of aromatic nitrogens is 1. The number of thiazole rings is 1. The van der Waals surface area contributed by atoms with E-state index in [0.717, 1.165) is 16.5 Å². The van der Waals surface area contributed by atoms with Crippen LogP contribution in [0.25, 0.3) is 0 Å². The summed E-state index contributed by atoms with van der Waals surface area (Å²) in [6, 6.07) is 16.4. The maximum absolute atomic E-state index is 12.8. The number of benzene rings is 2. The fourth-order valence-electron chi connectivity index (χ4n) is 2.58. The van der Waals surface area contributed by atoms with Crippen molar-refractivity contribution in [2.45, 2.75) is 13.2 Å². The summed E-state index contributed by atoms with van der Waals surface area (Å²) in [5, 5.41) is 3.48. The molecule has 3 aromatic rings. The summed E-state index contributed by atoms with van der Waals surface area (Å²) in [4.78, 5) is 19.2. The molecule has 0 radical (unpaired) electrons. The summed E-state index contributed by atoms with van der Waals surface area (Å²) in [5.41, 5.74) is 1.49. The fraction of sp³-hybridized carbons (Fsp3) is 0.238. The van der Waals surface area contributed by atoms with E-state index in [1.165, 1.54) is 11.3 Å². The van der Waals surface area contributed by atoms with Crippen molar-refractivity contribution < 1.29 is 14.3 Å². The number of rotatable bonds is 9. The smallest absolute Gasteiger partial charge is 0.254 e. The quantitative estimate of drug-likeness (QED) is 0.509. The second-order valence-corrected chi connectivity index (χ2v) is 7.44. The lowest BCUT2D eigenvalue weighted by molar-refractivity contribution is 0.0678. The molecule has 28 heavy (non-hydrogen) atoms. The van der Waals surface area contributed by atoms with E-state index in [-0.39, 0.29) is 5.91 Å². The maximum atomic E-state index is 12.8. The van der Waals surface area contributed by atoms with Gasteiger partial charge in [0.25, 0.3) is 5.91 Å². The third-order valence-electron chi connectivity index (χ3n) is 4.00. The number of nitrogens with zero attached hydrogens (tertiary/aromatic N) is 2. The molecule has 1 heterocycles. The third kappa shape index (κ3) is 5.79. The van der Waals surface area contributed by atoms with Crippen molar-refractivity contribution >= 4 is 28.8 Å². The Balaban J connectivity index is 1.62. The summed E-state index contributed by atoms with van der Waals surface area (Å²) in [7, 11) is 1.63. The van der Waals surface area contributed by atoms with Gasteiger partial charge < -0.3 is 14.4 Å². The normalized spacial score (nSPS) is 10.6. The number of halogens is 1. The second kappa shape index (κ2) is 10.2. The number of hydrogen-bond acceptors (Lipinski definition) is 5. The van der Waals surface area contributed by atoms with E-state index in [0.29, 0.717) is 36.9 Å². The zero-order valence-corrected chi connectivity index (χ0v) is 17.1. The third-order valence-corrected chi connectivity index (χ3v) is 5.12. The Hall–Kier alpha value is -2.41. The molecule has 0 spiro atoms. The van der Waals surface area contributed by atoms with Gasteiger partial charge in [-0.2, -0.15) is 0 Å². The predicted molar refractivity (Wildman–Crippen MR) is 111 cm³/mol. The maximum Gasteiger partial charge on any atom is 0.254 e. The molecule has 0 aliphatic carbocycles. The lowest BCUT2D eigenvalue weighted by Gasteiger charge is -2.21. The Morgan fingerprint density at radius 3 is 2.61 bits per heavy atom. The summed E-state index contributed by atoms with van der Waals surface area (Å²) in [6.07, 6.45) is 0. The number of ether oxygens (including phenoxy) is 2. The van der Waals surface area contributed by atoms with Crippen molar-refractivity contribution in [3.8, 4) is 5.75 Å². The summed E-state index contributed by atoms with van der Waals surface area (Å²) < 4.78 is 10.9. The van der Waals surface area contributed by atoms with E-state index in [4.69, 9.17) is 21.1 Å². The molecule has 0 aliphatic heterocycles. The van der Waals surface area contributed by atoms with Crippen LogP contribution < -0.4 is 4.74 Å². The van der Waals surface area contributed by atoms with E-state index in [9.17, 15) is 4.79 Å². The Morgan fingerprint density at radius 2 is 1.89 bits per heavy atom. The summed E-state index contributed by atoms with van der Waals surface area (Å²) in [6.45, 7) is 1.76. The van der Waals surface area contributed by atoms with Gasteiger partial charge in [-0.05, 0) is 36.4 Å². The van der Waals surface area contributed by atoms with Crippen LogP contribution in [0.5, 0.6) is 5.75 Å². The van der Waals surface area contributed by atoms with Crippen LogP contribution in [-0.4, -0.2) is 36.1 Å². The van der Waals surface area contributed by atoms with Crippen molar-refractivity contribution in [1.82, 2.24) is 9.88 Å². The summed E-state index contributed by atoms with van der Waals surface area (Å²) in [5.74, 6) is 0.701. The van der Waals surface area contributed by atoms with Crippen LogP contribution in [0.3, 0.4) is 0 Å². The second-order valence-electron chi connectivity index (χ2n) is 6.06. The van der Waals surface area contributed by atoms with Crippen molar-refractivity contribution in [1.29, 1.82) is 0 Å². The Labute approximate surface area is 173 Å². The first-order chi connectivity index (χ1) is 13.7. The lowest BCUT2D eigenvalue weighted by Crippen LogP contribution is -2.33. The molecule has 2 aromatic carbocycles. The number of hydrogen-bond donors (Lipinski definition) is 0. The molecule has 0 N–H and O–H groups in total. The average Bonchev–Trinajstić information content (AvgIpc) is 3.18. The molecule has 0 unspecified atom stereocenters. The SMILES string of the molecule is COCCN(Cc1csc(COc2ccc(Cl)cc2)n1)C(=O)c1ccccc1. The molecule has 0 saturated carbocycles. The van der Waals surface area contributed by atoms with Crippen molar-refractivity contribution in [3.63, 3.8) is 0 Å². The van der Waals surface area contributed by atoms with Crippen LogP contribution in [0.15, 0.2) is 60.0 Å². The van der Waals surface area contributed by atoms with Gasteiger partial charge in [-0.1, -0.05) is 29.8 Å². The molecular formula is C21H21ClN2O3S. The van der Waals surface area contributed by atoms with Gasteiger partial charge in [-0.25, -0.2) is 4.98 Å². The molecule has 0 atom stereocenters. The monoisotopic (exact) mass is 416 g/mol. The standard InChI is InChI=1S/C21H21ClN2O3S/c1-26-12-11-24(21(25)16-5-3-2-4-6-16)13-18-15-28-20(23-18)14-27-19-9-7-17(22)8-10-19/h2-10,15H,11-14H2,1H3. The van der Waals surface area contributed by atoms with Gasteiger partial charge in [0.05, 0.1) is 18.8 Å². The van der Waals surface area contributed by atoms with Crippen molar-refractivity contribution in [3.05, 3.63) is 81.3 Å². The van der Waals surface area contributed by atoms with Crippen LogP contribution in [0.2, 0.25) is 5.02 Å². The van der Waals surface area contributed by atoms with Gasteiger partial charge in [0.1, 0.15) is 17.4 Å². The zero-order valence-electron chi connectivity index (χ0n) is 15.5. The first-order valence-electron chi connectivity index (χ1n) is 8.80. The Bertz CT molecular complexity index is 884. The van der Waals surface area contributed by atoms with Gasteiger partial charge in [0.2, 0.25) is 0 Å². The highest BCUT2D eigenvalue weighted by atomic mass is 35.5. The zero-order chi connectivity index (χ0) is 19.8. The highest BCUT2D eigenvalue weighted by Crippen LogP contribution is 2.19. The molecule has 1 aromatic heterocycles. The van der Waals surface area contributed by atoms with Gasteiger partial charge in [0, 0.05) is 29.6 Å². The van der Waals surface area contributed by atoms with Crippen molar-refractivity contribution in [2.24, 2.45) is 0 Å². The van der Waals surface area contributed by atoms with Crippen LogP contribution in [0.1, 0.15) is 21.1 Å². The van der Waals surface area contributed by atoms with Gasteiger partial charge >= 0.3 is 0 Å². The van der Waals surface area contributed by atoms with E-state index in [2.05, 4.69) is 4.98 Å². The van der Waals surface area contributed by atoms with Gasteiger partial charge in [0.15, 0.2) is 0 Å². The predicted octanol–water partition coefficient (Wildman–Crippen LogP) is 4.66. The number of amides is 1. The Kier molecular flexibility index (Phi) is 7.42. The van der Waals surface area contributed by atoms with Crippen LogP contribution in [-0.2, 0) is 17.9 Å². The average molecular weight is 417 g/mol. The van der Waals surface area contributed by atoms with Crippen LogP contribution >= 0.6 is 22.9 Å². The molecule has 3 rings (SSSR count). The highest BCUT2D eigenvalue weighted by Gasteiger charge is 2.17. The summed E-state index contributed by atoms with van der Waals surface area (Å²) >= 11 is 7.39. The van der Waals surface area contributed by atoms with Crippen molar-refractivity contribution in [2.75, 3.05) is 20.3 Å². The first kappa shape index (κ1) is 20.3. The first-order valence-corrected chi connectivity index (χ1v) is 10.1. The van der Waals surface area contributed by atoms with Crippen LogP contribution in [0.4, 0.5) is 0 Å². The molecule has 0 bridgehead atoms. The van der Waals surface area contributed by atoms with E-state index in [1.807, 2.05) is 47.8 Å². The lowest BCUT2D eigenvalue weighted by atomic mass is 10.2. The van der Waals surface area contributed by atoms with Gasteiger partial charge in [-0.3, -0.25) is 4.79 Å². The largest absolute Gasteiger partial charge is 0.486 e. The number of carbonyl (C=O) groups is 1. The molecule has 146 valence electrons. The minimum absolute atomic E-state index is 0.0374. The van der Waals surface area contributed by atoms with Gasteiger partial charge in [-0.15, -0.1) is 11.3 Å². The molecule has 7 heteroatoms. The Morgan fingerprint density at radius 1 is 1.14 bits per heavy atom. The van der Waals surface area contributed by atoms with E-state index < -0.39 is 0 Å². The highest BCUT2D eigenvalue weighted by molar-refractivity contribution is 7.09. The van der Waals surface area contributed by atoms with Crippen LogP contribution in [0, 0.1) is 0 Å². The minimum Gasteiger partial charge on any atom is -0.486 e. The van der Waals surface area contributed by atoms with E-state index >= 15 is 0 Å². The molecule has 0 aliphatic rings. The minimum atomic E-state index is -0.0374. The molecule has 0 saturated heterocycles. The van der Waals surface area contributed by atoms with E-state index in [1.54, 1.807) is 24.1 Å².